The highest BCUT2D eigenvalue weighted by Gasteiger charge is 2.39. The van der Waals surface area contributed by atoms with Gasteiger partial charge in [0.1, 0.15) is 0 Å². The number of hydrogen-bond donors (Lipinski definition) is 1. The van der Waals surface area contributed by atoms with Crippen LogP contribution in [-0.2, 0) is 0 Å². The normalized spacial score (nSPS) is 34.8. The summed E-state index contributed by atoms with van der Waals surface area (Å²) in [5, 5.41) is 9.32. The molecule has 1 saturated carbocycles. The molecule has 0 aromatic carbocycles. The smallest absolute Gasteiger partial charge is 0.0476 e. The molecule has 1 N–H and O–H groups in total. The largest absolute Gasteiger partial charge is 0.396 e. The lowest BCUT2D eigenvalue weighted by Gasteiger charge is -2.43. The number of piperidine rings is 1. The van der Waals surface area contributed by atoms with Gasteiger partial charge in [-0.05, 0) is 37.1 Å². The summed E-state index contributed by atoms with van der Waals surface area (Å²) >= 11 is 0. The summed E-state index contributed by atoms with van der Waals surface area (Å²) in [6, 6.07) is 0.866. The molecule has 2 rings (SSSR count). The molecule has 0 aromatic heterocycles. The van der Waals surface area contributed by atoms with Crippen LogP contribution in [0.2, 0.25) is 0 Å². The Morgan fingerprint density at radius 1 is 1.38 bits per heavy atom. The monoisotopic (exact) mass is 183 g/mol. The molecule has 0 aromatic rings. The van der Waals surface area contributed by atoms with Gasteiger partial charge in [0.2, 0.25) is 0 Å². The van der Waals surface area contributed by atoms with E-state index in [2.05, 4.69) is 18.7 Å². The van der Waals surface area contributed by atoms with Crippen LogP contribution in [0.15, 0.2) is 0 Å². The van der Waals surface area contributed by atoms with Crippen molar-refractivity contribution in [3.63, 3.8) is 0 Å². The average molecular weight is 183 g/mol. The summed E-state index contributed by atoms with van der Waals surface area (Å²) in [4.78, 5) is 2.58. The number of aliphatic hydroxyl groups excluding tert-OH is 1. The molecule has 1 unspecified atom stereocenters. The Hall–Kier alpha value is -0.0800. The maximum absolute atomic E-state index is 9.32. The molecule has 1 aliphatic carbocycles. The molecule has 0 spiro atoms. The van der Waals surface area contributed by atoms with Crippen LogP contribution in [0.4, 0.5) is 0 Å². The molecule has 2 fully saturated rings. The molecule has 2 heteroatoms. The van der Waals surface area contributed by atoms with E-state index >= 15 is 0 Å². The zero-order valence-electron chi connectivity index (χ0n) is 8.79. The molecule has 1 atom stereocenters. The van der Waals surface area contributed by atoms with E-state index in [4.69, 9.17) is 0 Å². The minimum absolute atomic E-state index is 0.347. The lowest BCUT2D eigenvalue weighted by molar-refractivity contribution is 0.0194. The number of rotatable bonds is 2. The molecule has 0 amide bonds. The Bertz CT molecular complexity index is 187. The molecule has 2 nitrogen and oxygen atoms in total. The molecule has 76 valence electrons. The van der Waals surface area contributed by atoms with Crippen LogP contribution < -0.4 is 0 Å². The van der Waals surface area contributed by atoms with Gasteiger partial charge in [-0.25, -0.2) is 0 Å². The topological polar surface area (TPSA) is 23.5 Å². The third-order valence-electron chi connectivity index (χ3n) is 3.89. The van der Waals surface area contributed by atoms with Crippen molar-refractivity contribution in [2.45, 2.75) is 39.2 Å². The molecule has 2 aliphatic rings. The summed E-state index contributed by atoms with van der Waals surface area (Å²) in [6.07, 6.45) is 4.02. The van der Waals surface area contributed by atoms with Gasteiger partial charge in [0, 0.05) is 19.2 Å². The minimum atomic E-state index is 0.347. The lowest BCUT2D eigenvalue weighted by Crippen LogP contribution is -2.47. The van der Waals surface area contributed by atoms with Gasteiger partial charge in [-0.2, -0.15) is 0 Å². The van der Waals surface area contributed by atoms with Gasteiger partial charge >= 0.3 is 0 Å². The summed E-state index contributed by atoms with van der Waals surface area (Å²) < 4.78 is 0. The molecule has 1 saturated heterocycles. The third kappa shape index (κ3) is 1.89. The second-order valence-corrected chi connectivity index (χ2v) is 5.34. The number of hydrogen-bond acceptors (Lipinski definition) is 2. The summed E-state index contributed by atoms with van der Waals surface area (Å²) in [5.74, 6) is 0.488. The third-order valence-corrected chi connectivity index (χ3v) is 3.89. The van der Waals surface area contributed by atoms with Gasteiger partial charge < -0.3 is 5.11 Å². The van der Waals surface area contributed by atoms with Crippen molar-refractivity contribution in [1.82, 2.24) is 4.90 Å². The van der Waals surface area contributed by atoms with Crippen molar-refractivity contribution in [2.75, 3.05) is 19.7 Å². The quantitative estimate of drug-likeness (QED) is 0.701. The first kappa shape index (κ1) is 9.47. The van der Waals surface area contributed by atoms with Crippen LogP contribution in [0.1, 0.15) is 33.1 Å². The second-order valence-electron chi connectivity index (χ2n) is 5.34. The van der Waals surface area contributed by atoms with Crippen molar-refractivity contribution in [2.24, 2.45) is 11.3 Å². The Morgan fingerprint density at radius 3 is 2.62 bits per heavy atom. The van der Waals surface area contributed by atoms with E-state index in [0.717, 1.165) is 12.6 Å². The van der Waals surface area contributed by atoms with Crippen molar-refractivity contribution >= 4 is 0 Å². The fraction of sp³-hybridized carbons (Fsp3) is 1.00. The summed E-state index contributed by atoms with van der Waals surface area (Å²) in [5.41, 5.74) is 0.347. The predicted octanol–water partition coefficient (Wildman–Crippen LogP) is 1.49. The molecule has 13 heavy (non-hydrogen) atoms. The molecule has 1 aliphatic heterocycles. The first-order valence-corrected chi connectivity index (χ1v) is 5.48. The van der Waals surface area contributed by atoms with E-state index in [-0.39, 0.29) is 0 Å². The lowest BCUT2D eigenvalue weighted by atomic mass is 9.73. The summed E-state index contributed by atoms with van der Waals surface area (Å²) in [6.45, 7) is 7.30. The van der Waals surface area contributed by atoms with Gasteiger partial charge in [-0.3, -0.25) is 4.90 Å². The minimum Gasteiger partial charge on any atom is -0.396 e. The Balaban J connectivity index is 1.96. The molecule has 1 heterocycles. The second kappa shape index (κ2) is 3.25. The Morgan fingerprint density at radius 2 is 2.08 bits per heavy atom. The molecular formula is C11H21NO. The fourth-order valence-corrected chi connectivity index (χ4v) is 2.33. The van der Waals surface area contributed by atoms with E-state index < -0.39 is 0 Å². The van der Waals surface area contributed by atoms with Crippen molar-refractivity contribution < 1.29 is 5.11 Å². The molecule has 0 radical (unpaired) electrons. The van der Waals surface area contributed by atoms with Gasteiger partial charge in [0.25, 0.3) is 0 Å². The van der Waals surface area contributed by atoms with E-state index in [0.29, 0.717) is 17.9 Å². The fourth-order valence-electron chi connectivity index (χ4n) is 2.33. The van der Waals surface area contributed by atoms with E-state index in [1.807, 2.05) is 0 Å². The van der Waals surface area contributed by atoms with Gasteiger partial charge in [-0.1, -0.05) is 13.8 Å². The Labute approximate surface area is 80.9 Å². The molecular weight excluding hydrogens is 162 g/mol. The molecule has 0 bridgehead atoms. The standard InChI is InChI=1S/C11H21NO/c1-11(2)5-6-12(10-3-4-10)7-9(11)8-13/h9-10,13H,3-8H2,1-2H3. The van der Waals surface area contributed by atoms with E-state index in [1.165, 1.54) is 25.8 Å². The average Bonchev–Trinajstić information content (AvgIpc) is 2.87. The number of nitrogens with zero attached hydrogens (tertiary/aromatic N) is 1. The highest BCUT2D eigenvalue weighted by atomic mass is 16.3. The van der Waals surface area contributed by atoms with E-state index in [1.54, 1.807) is 0 Å². The van der Waals surface area contributed by atoms with Crippen molar-refractivity contribution in [1.29, 1.82) is 0 Å². The number of likely N-dealkylation sites (tertiary alicyclic amines) is 1. The predicted molar refractivity (Wildman–Crippen MR) is 53.6 cm³/mol. The van der Waals surface area contributed by atoms with Crippen LogP contribution in [0.5, 0.6) is 0 Å². The highest BCUT2D eigenvalue weighted by molar-refractivity contribution is 4.93. The SMILES string of the molecule is CC1(C)CCN(C2CC2)CC1CO. The first-order valence-electron chi connectivity index (χ1n) is 5.48. The number of aliphatic hydroxyl groups is 1. The maximum Gasteiger partial charge on any atom is 0.0476 e. The Kier molecular flexibility index (Phi) is 2.37. The van der Waals surface area contributed by atoms with Crippen LogP contribution in [0.3, 0.4) is 0 Å². The maximum atomic E-state index is 9.32. The van der Waals surface area contributed by atoms with Gasteiger partial charge in [-0.15, -0.1) is 0 Å². The van der Waals surface area contributed by atoms with Gasteiger partial charge in [0.15, 0.2) is 0 Å². The zero-order valence-corrected chi connectivity index (χ0v) is 8.79. The van der Waals surface area contributed by atoms with Crippen LogP contribution in [-0.4, -0.2) is 35.7 Å². The highest BCUT2D eigenvalue weighted by Crippen LogP contribution is 2.39. The van der Waals surface area contributed by atoms with Crippen LogP contribution >= 0.6 is 0 Å². The first-order chi connectivity index (χ1) is 6.13. The van der Waals surface area contributed by atoms with E-state index in [9.17, 15) is 5.11 Å². The summed E-state index contributed by atoms with van der Waals surface area (Å²) in [7, 11) is 0. The van der Waals surface area contributed by atoms with Crippen LogP contribution in [0, 0.1) is 11.3 Å². The zero-order chi connectivity index (χ0) is 9.47. The van der Waals surface area contributed by atoms with Gasteiger partial charge in [0.05, 0.1) is 0 Å². The van der Waals surface area contributed by atoms with Crippen molar-refractivity contribution in [3.8, 4) is 0 Å². The van der Waals surface area contributed by atoms with Crippen molar-refractivity contribution in [3.05, 3.63) is 0 Å². The van der Waals surface area contributed by atoms with Crippen LogP contribution in [0.25, 0.3) is 0 Å².